The fraction of sp³-hybridized carbons (Fsp3) is 0.407. The second kappa shape index (κ2) is 10.3. The molecule has 0 saturated carbocycles. The lowest BCUT2D eigenvalue weighted by Crippen LogP contribution is -2.37. The summed E-state index contributed by atoms with van der Waals surface area (Å²) in [5, 5.41) is 11.0. The first-order valence-corrected chi connectivity index (χ1v) is 12.5. The number of carbonyl (C=O) groups excluding carboxylic acids is 2. The van der Waals surface area contributed by atoms with Crippen molar-refractivity contribution in [2.24, 2.45) is 16.2 Å². The molecular weight excluding hydrogens is 440 g/mol. The molecular formula is C27H32N6O2. The zero-order valence-electron chi connectivity index (χ0n) is 19.9. The fourth-order valence-electron chi connectivity index (χ4n) is 5.18. The average molecular weight is 473 g/mol. The minimum atomic E-state index is -0.419. The van der Waals surface area contributed by atoms with E-state index in [0.717, 1.165) is 79.8 Å². The van der Waals surface area contributed by atoms with Crippen LogP contribution in [0.5, 0.6) is 0 Å². The molecule has 35 heavy (non-hydrogen) atoms. The number of hydrogen-bond acceptors (Lipinski definition) is 5. The zero-order valence-corrected chi connectivity index (χ0v) is 19.9. The van der Waals surface area contributed by atoms with E-state index in [1.165, 1.54) is 6.42 Å². The number of likely N-dealkylation sites (tertiary alicyclic amines) is 2. The second-order valence-electron chi connectivity index (χ2n) is 9.50. The Morgan fingerprint density at radius 2 is 1.46 bits per heavy atom. The van der Waals surface area contributed by atoms with Gasteiger partial charge in [0.15, 0.2) is 0 Å². The van der Waals surface area contributed by atoms with Crippen LogP contribution in [0.15, 0.2) is 58.4 Å². The quantitative estimate of drug-likeness (QED) is 0.390. The molecule has 8 nitrogen and oxygen atoms in total. The van der Waals surface area contributed by atoms with Gasteiger partial charge in [-0.1, -0.05) is 29.5 Å². The van der Waals surface area contributed by atoms with Gasteiger partial charge in [0.25, 0.3) is 5.91 Å². The summed E-state index contributed by atoms with van der Waals surface area (Å²) < 4.78 is 0. The molecule has 0 spiro atoms. The molecule has 2 aromatic carbocycles. The van der Waals surface area contributed by atoms with Crippen LogP contribution in [0.25, 0.3) is 17.2 Å². The topological polar surface area (TPSA) is 103 Å². The Balaban J connectivity index is 1.41. The first-order chi connectivity index (χ1) is 17.1. The maximum atomic E-state index is 13.2. The molecule has 0 radical (unpaired) electrons. The van der Waals surface area contributed by atoms with Crippen molar-refractivity contribution in [1.29, 1.82) is 0 Å². The van der Waals surface area contributed by atoms with Gasteiger partial charge in [-0.2, -0.15) is 0 Å². The Bertz CT molecular complexity index is 1140. The van der Waals surface area contributed by atoms with Gasteiger partial charge in [0, 0.05) is 49.4 Å². The number of carbonyl (C=O) groups is 2. The van der Waals surface area contributed by atoms with Crippen LogP contribution in [0.2, 0.25) is 0 Å². The number of anilines is 1. The van der Waals surface area contributed by atoms with Crippen molar-refractivity contribution in [2.45, 2.75) is 44.7 Å². The van der Waals surface area contributed by atoms with E-state index in [1.807, 2.05) is 52.3 Å². The third kappa shape index (κ3) is 5.06. The molecule has 182 valence electrons. The van der Waals surface area contributed by atoms with E-state index in [4.69, 9.17) is 5.84 Å². The molecule has 2 saturated heterocycles. The van der Waals surface area contributed by atoms with Gasteiger partial charge in [0.1, 0.15) is 6.17 Å². The van der Waals surface area contributed by atoms with Crippen LogP contribution in [-0.4, -0.2) is 54.0 Å². The van der Waals surface area contributed by atoms with Crippen molar-refractivity contribution in [1.82, 2.24) is 9.80 Å². The normalized spacial score (nSPS) is 20.2. The van der Waals surface area contributed by atoms with Crippen LogP contribution in [0.1, 0.15) is 54.4 Å². The van der Waals surface area contributed by atoms with E-state index < -0.39 is 6.17 Å². The lowest BCUT2D eigenvalue weighted by Gasteiger charge is -2.28. The van der Waals surface area contributed by atoms with Crippen molar-refractivity contribution in [3.8, 4) is 11.1 Å². The molecule has 1 atom stereocenters. The Morgan fingerprint density at radius 1 is 0.829 bits per heavy atom. The predicted molar refractivity (Wildman–Crippen MR) is 136 cm³/mol. The van der Waals surface area contributed by atoms with Crippen molar-refractivity contribution < 1.29 is 9.59 Å². The fourth-order valence-corrected chi connectivity index (χ4v) is 5.18. The summed E-state index contributed by atoms with van der Waals surface area (Å²) in [5.41, 5.74) is 5.27. The summed E-state index contributed by atoms with van der Waals surface area (Å²) in [4.78, 5) is 29.8. The van der Waals surface area contributed by atoms with Gasteiger partial charge in [-0.3, -0.25) is 9.59 Å². The summed E-state index contributed by atoms with van der Waals surface area (Å²) in [7, 11) is 0. The minimum absolute atomic E-state index is 0.0684. The van der Waals surface area contributed by atoms with E-state index >= 15 is 0 Å². The summed E-state index contributed by atoms with van der Waals surface area (Å²) in [6.45, 7) is 3.28. The van der Waals surface area contributed by atoms with Gasteiger partial charge in [-0.15, -0.1) is 5.11 Å². The molecule has 2 amide bonds. The molecule has 0 aromatic heterocycles. The molecule has 8 heteroatoms. The van der Waals surface area contributed by atoms with Crippen LogP contribution in [0.4, 0.5) is 5.69 Å². The van der Waals surface area contributed by atoms with E-state index in [1.54, 1.807) is 0 Å². The van der Waals surface area contributed by atoms with Gasteiger partial charge in [-0.05, 0) is 73.1 Å². The number of nitrogens with zero attached hydrogens (tertiary/aromatic N) is 4. The van der Waals surface area contributed by atoms with Crippen molar-refractivity contribution in [3.63, 3.8) is 0 Å². The summed E-state index contributed by atoms with van der Waals surface area (Å²) in [6, 6.07) is 13.9. The molecule has 0 bridgehead atoms. The van der Waals surface area contributed by atoms with Crippen molar-refractivity contribution in [2.75, 3.05) is 31.5 Å². The highest BCUT2D eigenvalue weighted by Gasteiger charge is 2.26. The maximum Gasteiger partial charge on any atom is 0.253 e. The number of rotatable bonds is 4. The van der Waals surface area contributed by atoms with Crippen molar-refractivity contribution in [3.05, 3.63) is 59.2 Å². The summed E-state index contributed by atoms with van der Waals surface area (Å²) in [5.74, 6) is 5.54. The van der Waals surface area contributed by atoms with Crippen molar-refractivity contribution >= 4 is 23.6 Å². The smallest absolute Gasteiger partial charge is 0.253 e. The van der Waals surface area contributed by atoms with Crippen LogP contribution in [-0.2, 0) is 4.79 Å². The second-order valence-corrected chi connectivity index (χ2v) is 9.50. The van der Waals surface area contributed by atoms with Crippen LogP contribution < -0.4 is 11.2 Å². The van der Waals surface area contributed by atoms with E-state index in [9.17, 15) is 9.59 Å². The van der Waals surface area contributed by atoms with Gasteiger partial charge < -0.3 is 21.0 Å². The Kier molecular flexibility index (Phi) is 6.79. The van der Waals surface area contributed by atoms with E-state index in [0.29, 0.717) is 12.0 Å². The highest BCUT2D eigenvalue weighted by molar-refractivity contribution is 5.99. The average Bonchev–Trinajstić information content (AvgIpc) is 3.37. The Morgan fingerprint density at radius 3 is 2.14 bits per heavy atom. The molecule has 2 fully saturated rings. The number of piperidine rings is 1. The molecule has 0 aliphatic carbocycles. The van der Waals surface area contributed by atoms with Crippen LogP contribution >= 0.6 is 0 Å². The molecule has 1 unspecified atom stereocenters. The number of nitrogens with two attached hydrogens (primary N) is 1. The Labute approximate surface area is 205 Å². The number of nitrogens with one attached hydrogen (secondary N) is 1. The van der Waals surface area contributed by atoms with E-state index in [2.05, 4.69) is 21.7 Å². The minimum Gasteiger partial charge on any atom is -0.361 e. The highest BCUT2D eigenvalue weighted by Crippen LogP contribution is 2.32. The number of amides is 2. The first kappa shape index (κ1) is 23.1. The van der Waals surface area contributed by atoms with Gasteiger partial charge in [0.2, 0.25) is 5.91 Å². The lowest BCUT2D eigenvalue weighted by atomic mass is 9.99. The van der Waals surface area contributed by atoms with Crippen LogP contribution in [0.3, 0.4) is 0 Å². The van der Waals surface area contributed by atoms with Gasteiger partial charge in [0.05, 0.1) is 0 Å². The van der Waals surface area contributed by atoms with Gasteiger partial charge >= 0.3 is 0 Å². The largest absolute Gasteiger partial charge is 0.361 e. The lowest BCUT2D eigenvalue weighted by molar-refractivity contribution is -0.128. The summed E-state index contributed by atoms with van der Waals surface area (Å²) in [6.07, 6.45) is 7.40. The standard InChI is InChI=1S/C27H32N6O2/c28-31-30-25-18-23(27(35)33-12-2-1-3-13-33)16-22-11-10-21(17-24(22)29-25)19-6-8-20(9-7-19)26(34)32-14-4-5-15-32/h6-11,16-17,25,29H,1-5,12-15,18H2,(H2,28,30). The number of fused-ring (bicyclic) bond motifs is 1. The Hall–Kier alpha value is -3.68. The van der Waals surface area contributed by atoms with Gasteiger partial charge in [-0.25, -0.2) is 0 Å². The van der Waals surface area contributed by atoms with Crippen LogP contribution in [0, 0.1) is 0 Å². The SMILES string of the molecule is NN=NC1CC(C(=O)N2CCCCC2)=Cc2ccc(-c3ccc(C(=O)N4CCCC4)cc3)cc2N1. The molecule has 5 rings (SSSR count). The summed E-state index contributed by atoms with van der Waals surface area (Å²) >= 11 is 0. The van der Waals surface area contributed by atoms with E-state index in [-0.39, 0.29) is 11.8 Å². The number of hydrogen-bond donors (Lipinski definition) is 2. The first-order valence-electron chi connectivity index (χ1n) is 12.5. The third-order valence-corrected chi connectivity index (χ3v) is 7.10. The highest BCUT2D eigenvalue weighted by atomic mass is 16.2. The molecule has 3 aliphatic heterocycles. The molecule has 3 aliphatic rings. The molecule has 2 aromatic rings. The predicted octanol–water partition coefficient (Wildman–Crippen LogP) is 4.45. The monoisotopic (exact) mass is 472 g/mol. The maximum absolute atomic E-state index is 13.2. The molecule has 3 heterocycles. The number of benzene rings is 2. The third-order valence-electron chi connectivity index (χ3n) is 7.10. The molecule has 3 N–H and O–H groups in total. The zero-order chi connectivity index (χ0) is 24.2.